The summed E-state index contributed by atoms with van der Waals surface area (Å²) in [6.07, 6.45) is -0.0434. The minimum Gasteiger partial charge on any atom is -0.497 e. The van der Waals surface area contributed by atoms with E-state index in [0.29, 0.717) is 28.9 Å². The highest BCUT2D eigenvalue weighted by molar-refractivity contribution is 7.98. The lowest BCUT2D eigenvalue weighted by Crippen LogP contribution is -2.25. The van der Waals surface area contributed by atoms with Crippen molar-refractivity contribution in [3.05, 3.63) is 91.9 Å². The van der Waals surface area contributed by atoms with Crippen molar-refractivity contribution in [2.24, 2.45) is 0 Å². The highest BCUT2D eigenvalue weighted by Crippen LogP contribution is 2.21. The summed E-state index contributed by atoms with van der Waals surface area (Å²) in [5, 5.41) is 14.0. The molecule has 0 bridgehead atoms. The van der Waals surface area contributed by atoms with Crippen LogP contribution in [-0.4, -0.2) is 27.9 Å². The fraction of sp³-hybridized carbons (Fsp3) is 0.190. The molecule has 0 radical (unpaired) electrons. The molecule has 0 fully saturated rings. The molecule has 0 aliphatic heterocycles. The molecule has 2 N–H and O–H groups in total. The number of nitro groups is 1. The molecule has 0 aliphatic rings. The third kappa shape index (κ3) is 6.68. The molecule has 3 aromatic rings. The SMILES string of the molecule is COc1cccc(CNC(=O)Cc2cc(=O)[nH]c(SCc3cccc([N+](=O)[O-])c3)n2)c1. The smallest absolute Gasteiger partial charge is 0.269 e. The number of amides is 1. The van der Waals surface area contributed by atoms with Gasteiger partial charge in [-0.3, -0.25) is 19.7 Å². The average Bonchev–Trinajstić information content (AvgIpc) is 2.76. The number of non-ortho nitro benzene ring substituents is 1. The summed E-state index contributed by atoms with van der Waals surface area (Å²) >= 11 is 1.23. The van der Waals surface area contributed by atoms with E-state index in [1.165, 1.54) is 30.0 Å². The van der Waals surface area contributed by atoms with Crippen LogP contribution in [0, 0.1) is 10.1 Å². The van der Waals surface area contributed by atoms with E-state index in [2.05, 4.69) is 15.3 Å². The number of methoxy groups -OCH3 is 1. The Hall–Kier alpha value is -3.66. The largest absolute Gasteiger partial charge is 0.497 e. The third-order valence-corrected chi connectivity index (χ3v) is 5.18. The zero-order valence-corrected chi connectivity index (χ0v) is 17.5. The van der Waals surface area contributed by atoms with Crippen LogP contribution in [0.15, 0.2) is 64.5 Å². The number of aromatic amines is 1. The molecule has 0 saturated heterocycles. The van der Waals surface area contributed by atoms with E-state index in [1.807, 2.05) is 24.3 Å². The summed E-state index contributed by atoms with van der Waals surface area (Å²) < 4.78 is 5.16. The molecular weight excluding hydrogens is 420 g/mol. The van der Waals surface area contributed by atoms with Crippen LogP contribution in [-0.2, 0) is 23.5 Å². The topological polar surface area (TPSA) is 127 Å². The van der Waals surface area contributed by atoms with Crippen molar-refractivity contribution < 1.29 is 14.5 Å². The van der Waals surface area contributed by atoms with Gasteiger partial charge in [-0.15, -0.1) is 0 Å². The zero-order chi connectivity index (χ0) is 22.2. The minimum absolute atomic E-state index is 0.000936. The molecule has 1 heterocycles. The summed E-state index contributed by atoms with van der Waals surface area (Å²) in [5.41, 5.74) is 1.59. The molecule has 0 unspecified atom stereocenters. The Bertz CT molecular complexity index is 1150. The van der Waals surface area contributed by atoms with Gasteiger partial charge in [-0.25, -0.2) is 4.98 Å². The van der Waals surface area contributed by atoms with Gasteiger partial charge in [0.15, 0.2) is 5.16 Å². The highest BCUT2D eigenvalue weighted by atomic mass is 32.2. The summed E-state index contributed by atoms with van der Waals surface area (Å²) in [4.78, 5) is 41.6. The second-order valence-corrected chi connectivity index (χ2v) is 7.53. The normalized spacial score (nSPS) is 10.5. The van der Waals surface area contributed by atoms with E-state index >= 15 is 0 Å². The second-order valence-electron chi connectivity index (χ2n) is 6.56. The number of hydrogen-bond donors (Lipinski definition) is 2. The number of benzene rings is 2. The molecule has 10 heteroatoms. The van der Waals surface area contributed by atoms with Crippen molar-refractivity contribution in [3.63, 3.8) is 0 Å². The van der Waals surface area contributed by atoms with Gasteiger partial charge in [-0.05, 0) is 23.3 Å². The number of H-pyrrole nitrogens is 1. The van der Waals surface area contributed by atoms with Crippen molar-refractivity contribution in [3.8, 4) is 5.75 Å². The molecule has 0 aliphatic carbocycles. The fourth-order valence-corrected chi connectivity index (χ4v) is 3.60. The van der Waals surface area contributed by atoms with Crippen molar-refractivity contribution in [2.45, 2.75) is 23.9 Å². The average molecular weight is 440 g/mol. The number of aromatic nitrogens is 2. The molecule has 0 spiro atoms. The molecule has 3 rings (SSSR count). The first-order valence-electron chi connectivity index (χ1n) is 9.29. The Morgan fingerprint density at radius 3 is 2.74 bits per heavy atom. The molecule has 9 nitrogen and oxygen atoms in total. The van der Waals surface area contributed by atoms with E-state index in [1.54, 1.807) is 19.2 Å². The van der Waals surface area contributed by atoms with Gasteiger partial charge >= 0.3 is 0 Å². The number of rotatable bonds is 9. The number of nitrogens with zero attached hydrogens (tertiary/aromatic N) is 2. The van der Waals surface area contributed by atoms with Crippen molar-refractivity contribution in [1.29, 1.82) is 0 Å². The summed E-state index contributed by atoms with van der Waals surface area (Å²) in [5.74, 6) is 0.819. The third-order valence-electron chi connectivity index (χ3n) is 4.24. The van der Waals surface area contributed by atoms with Crippen LogP contribution in [0.2, 0.25) is 0 Å². The second kappa shape index (κ2) is 10.4. The molecular formula is C21H20N4O5S. The van der Waals surface area contributed by atoms with E-state index < -0.39 is 4.92 Å². The minimum atomic E-state index is -0.459. The van der Waals surface area contributed by atoms with E-state index in [0.717, 1.165) is 11.1 Å². The molecule has 0 atom stereocenters. The molecule has 1 amide bonds. The Morgan fingerprint density at radius 2 is 1.97 bits per heavy atom. The lowest BCUT2D eigenvalue weighted by Gasteiger charge is -2.07. The molecule has 2 aromatic carbocycles. The van der Waals surface area contributed by atoms with Gasteiger partial charge in [0.2, 0.25) is 5.91 Å². The van der Waals surface area contributed by atoms with Gasteiger partial charge < -0.3 is 15.0 Å². The van der Waals surface area contributed by atoms with Gasteiger partial charge in [0.1, 0.15) is 5.75 Å². The number of carbonyl (C=O) groups is 1. The van der Waals surface area contributed by atoms with Crippen LogP contribution in [0.3, 0.4) is 0 Å². The van der Waals surface area contributed by atoms with Crippen LogP contribution in [0.4, 0.5) is 5.69 Å². The first-order valence-corrected chi connectivity index (χ1v) is 10.3. The molecule has 31 heavy (non-hydrogen) atoms. The Balaban J connectivity index is 1.59. The first-order chi connectivity index (χ1) is 14.9. The number of carbonyl (C=O) groups excluding carboxylic acids is 1. The molecule has 160 valence electrons. The monoisotopic (exact) mass is 440 g/mol. The highest BCUT2D eigenvalue weighted by Gasteiger charge is 2.10. The van der Waals surface area contributed by atoms with Crippen LogP contribution < -0.4 is 15.6 Å². The van der Waals surface area contributed by atoms with Gasteiger partial charge in [0, 0.05) is 30.5 Å². The van der Waals surface area contributed by atoms with Crippen LogP contribution >= 0.6 is 11.8 Å². The Morgan fingerprint density at radius 1 is 1.19 bits per heavy atom. The van der Waals surface area contributed by atoms with E-state index in [-0.39, 0.29) is 23.6 Å². The van der Waals surface area contributed by atoms with Gasteiger partial charge in [0.25, 0.3) is 11.2 Å². The van der Waals surface area contributed by atoms with Crippen molar-refractivity contribution >= 4 is 23.4 Å². The zero-order valence-electron chi connectivity index (χ0n) is 16.7. The lowest BCUT2D eigenvalue weighted by atomic mass is 10.2. The molecule has 1 aromatic heterocycles. The standard InChI is InChI=1S/C21H20N4O5S/c1-30-18-7-3-4-14(9-18)12-22-19(26)10-16-11-20(27)24-21(23-16)31-13-15-5-2-6-17(8-15)25(28)29/h2-9,11H,10,12-13H2,1H3,(H,22,26)(H,23,24,27). The van der Waals surface area contributed by atoms with Gasteiger partial charge in [-0.1, -0.05) is 36.0 Å². The maximum absolute atomic E-state index is 12.3. The number of hydrogen-bond acceptors (Lipinski definition) is 7. The maximum atomic E-state index is 12.3. The fourth-order valence-electron chi connectivity index (χ4n) is 2.76. The number of ether oxygens (including phenoxy) is 1. The quantitative estimate of drug-likeness (QED) is 0.227. The summed E-state index contributed by atoms with van der Waals surface area (Å²) in [6.45, 7) is 0.327. The van der Waals surface area contributed by atoms with E-state index in [4.69, 9.17) is 4.74 Å². The summed E-state index contributed by atoms with van der Waals surface area (Å²) in [6, 6.07) is 14.9. The van der Waals surface area contributed by atoms with Gasteiger partial charge in [-0.2, -0.15) is 0 Å². The van der Waals surface area contributed by atoms with Crippen molar-refractivity contribution in [1.82, 2.24) is 15.3 Å². The van der Waals surface area contributed by atoms with Crippen LogP contribution in [0.25, 0.3) is 0 Å². The number of nitro benzene ring substituents is 1. The summed E-state index contributed by atoms with van der Waals surface area (Å²) in [7, 11) is 1.57. The van der Waals surface area contributed by atoms with Crippen molar-refractivity contribution in [2.75, 3.05) is 7.11 Å². The maximum Gasteiger partial charge on any atom is 0.269 e. The Labute approximate surface area is 182 Å². The lowest BCUT2D eigenvalue weighted by molar-refractivity contribution is -0.384. The Kier molecular flexibility index (Phi) is 7.39. The van der Waals surface area contributed by atoms with E-state index in [9.17, 15) is 19.7 Å². The predicted octanol–water partition coefficient (Wildman–Crippen LogP) is 2.84. The number of nitrogens with one attached hydrogen (secondary N) is 2. The van der Waals surface area contributed by atoms with Gasteiger partial charge in [0.05, 0.1) is 24.1 Å². The van der Waals surface area contributed by atoms with Crippen LogP contribution in [0.5, 0.6) is 5.75 Å². The molecule has 0 saturated carbocycles. The van der Waals surface area contributed by atoms with Crippen LogP contribution in [0.1, 0.15) is 16.8 Å². The first kappa shape index (κ1) is 22.0. The number of thioether (sulfide) groups is 1. The predicted molar refractivity (Wildman–Crippen MR) is 116 cm³/mol.